The van der Waals surface area contributed by atoms with Crippen molar-refractivity contribution in [1.82, 2.24) is 25.3 Å². The average molecular weight is 337 g/mol. The number of likely N-dealkylation sites (tertiary alicyclic amines) is 1. The smallest absolute Gasteiger partial charge is 0.247 e. The maximum Gasteiger partial charge on any atom is 0.247 e. The summed E-state index contributed by atoms with van der Waals surface area (Å²) in [4.78, 5) is 2.32. The maximum atomic E-state index is 6.02. The number of allylic oxidation sites excluding steroid dienone is 2. The minimum atomic E-state index is 0.332. The summed E-state index contributed by atoms with van der Waals surface area (Å²) in [5, 5.41) is 17.2. The Morgan fingerprint density at radius 3 is 3.04 bits per heavy atom. The topological polar surface area (TPSA) is 70.8 Å². The molecule has 2 aromatic heterocycles. The SMILES string of the molecule is C/C=C(\C)c1n[nH]c2ccc(-c3nnc(C4CCCN(C)C4)o3)cc12. The van der Waals surface area contributed by atoms with E-state index in [0.29, 0.717) is 11.8 Å². The first-order valence-electron chi connectivity index (χ1n) is 8.79. The maximum absolute atomic E-state index is 6.02. The fraction of sp³-hybridized carbons (Fsp3) is 0.421. The lowest BCUT2D eigenvalue weighted by molar-refractivity contribution is 0.231. The van der Waals surface area contributed by atoms with Crippen LogP contribution in [0.1, 0.15) is 44.2 Å². The highest BCUT2D eigenvalue weighted by Crippen LogP contribution is 2.30. The third-order valence-corrected chi connectivity index (χ3v) is 5.03. The van der Waals surface area contributed by atoms with E-state index < -0.39 is 0 Å². The summed E-state index contributed by atoms with van der Waals surface area (Å²) < 4.78 is 6.02. The molecule has 4 rings (SSSR count). The molecular weight excluding hydrogens is 314 g/mol. The average Bonchev–Trinajstić information content (AvgIpc) is 3.27. The van der Waals surface area contributed by atoms with Crippen molar-refractivity contribution in [1.29, 1.82) is 0 Å². The summed E-state index contributed by atoms with van der Waals surface area (Å²) in [6, 6.07) is 6.09. The minimum Gasteiger partial charge on any atom is -0.420 e. The van der Waals surface area contributed by atoms with Gasteiger partial charge in [-0.05, 0) is 64.1 Å². The van der Waals surface area contributed by atoms with Crippen molar-refractivity contribution in [3.8, 4) is 11.5 Å². The molecule has 25 heavy (non-hydrogen) atoms. The van der Waals surface area contributed by atoms with Gasteiger partial charge in [-0.2, -0.15) is 5.10 Å². The minimum absolute atomic E-state index is 0.332. The van der Waals surface area contributed by atoms with Crippen LogP contribution in [0.5, 0.6) is 0 Å². The van der Waals surface area contributed by atoms with Crippen LogP contribution in [0.15, 0.2) is 28.7 Å². The van der Waals surface area contributed by atoms with Crippen molar-refractivity contribution in [3.05, 3.63) is 35.9 Å². The lowest BCUT2D eigenvalue weighted by atomic mass is 9.99. The molecule has 1 fully saturated rings. The first-order chi connectivity index (χ1) is 12.2. The predicted molar refractivity (Wildman–Crippen MR) is 98.2 cm³/mol. The molecule has 6 heteroatoms. The number of nitrogens with one attached hydrogen (secondary N) is 1. The second-order valence-electron chi connectivity index (χ2n) is 6.85. The molecule has 0 bridgehead atoms. The Hall–Kier alpha value is -2.47. The quantitative estimate of drug-likeness (QED) is 0.786. The van der Waals surface area contributed by atoms with Crippen LogP contribution in [-0.4, -0.2) is 45.4 Å². The summed E-state index contributed by atoms with van der Waals surface area (Å²) in [6.07, 6.45) is 4.34. The number of aromatic amines is 1. The van der Waals surface area contributed by atoms with Crippen molar-refractivity contribution < 1.29 is 4.42 Å². The van der Waals surface area contributed by atoms with E-state index in [2.05, 4.69) is 51.4 Å². The van der Waals surface area contributed by atoms with E-state index in [4.69, 9.17) is 4.42 Å². The number of nitrogens with zero attached hydrogens (tertiary/aromatic N) is 4. The van der Waals surface area contributed by atoms with E-state index in [1.54, 1.807) is 0 Å². The van der Waals surface area contributed by atoms with Gasteiger partial charge in [0, 0.05) is 17.5 Å². The van der Waals surface area contributed by atoms with E-state index in [1.807, 2.05) is 19.1 Å². The number of rotatable bonds is 3. The number of hydrogen-bond donors (Lipinski definition) is 1. The number of aromatic nitrogens is 4. The number of fused-ring (bicyclic) bond motifs is 1. The van der Waals surface area contributed by atoms with E-state index in [0.717, 1.165) is 53.1 Å². The third-order valence-electron chi connectivity index (χ3n) is 5.03. The Morgan fingerprint density at radius 2 is 2.24 bits per heavy atom. The van der Waals surface area contributed by atoms with E-state index >= 15 is 0 Å². The van der Waals surface area contributed by atoms with Gasteiger partial charge in [-0.3, -0.25) is 5.10 Å². The molecule has 1 N–H and O–H groups in total. The first-order valence-corrected chi connectivity index (χ1v) is 8.79. The monoisotopic (exact) mass is 337 g/mol. The van der Waals surface area contributed by atoms with Crippen molar-refractivity contribution in [3.63, 3.8) is 0 Å². The van der Waals surface area contributed by atoms with Crippen LogP contribution in [-0.2, 0) is 0 Å². The zero-order valence-corrected chi connectivity index (χ0v) is 14.9. The van der Waals surface area contributed by atoms with E-state index in [9.17, 15) is 0 Å². The molecule has 0 spiro atoms. The molecule has 1 aromatic carbocycles. The largest absolute Gasteiger partial charge is 0.420 e. The Balaban J connectivity index is 1.68. The summed E-state index contributed by atoms with van der Waals surface area (Å²) in [5.41, 5.74) is 4.04. The van der Waals surface area contributed by atoms with Gasteiger partial charge in [-0.1, -0.05) is 6.08 Å². The van der Waals surface area contributed by atoms with Gasteiger partial charge in [0.05, 0.1) is 17.1 Å². The molecule has 0 radical (unpaired) electrons. The standard InChI is InChI=1S/C19H23N5O/c1-4-12(2)17-15-10-13(7-8-16(15)20-21-17)18-22-23-19(25-18)14-6-5-9-24(3)11-14/h4,7-8,10,14H,5-6,9,11H2,1-3H3,(H,20,21)/b12-4+. The Kier molecular flexibility index (Phi) is 4.13. The zero-order valence-electron chi connectivity index (χ0n) is 14.9. The molecule has 0 aliphatic carbocycles. The number of likely N-dealkylation sites (N-methyl/N-ethyl adjacent to an activating group) is 1. The van der Waals surface area contributed by atoms with Crippen LogP contribution < -0.4 is 0 Å². The van der Waals surface area contributed by atoms with Crippen LogP contribution >= 0.6 is 0 Å². The molecule has 3 heterocycles. The van der Waals surface area contributed by atoms with Gasteiger partial charge in [-0.25, -0.2) is 0 Å². The molecule has 1 unspecified atom stereocenters. The molecule has 1 aliphatic rings. The van der Waals surface area contributed by atoms with Gasteiger partial charge in [0.15, 0.2) is 0 Å². The van der Waals surface area contributed by atoms with Crippen LogP contribution in [0.25, 0.3) is 27.9 Å². The van der Waals surface area contributed by atoms with Crippen molar-refractivity contribution in [2.24, 2.45) is 0 Å². The highest BCUT2D eigenvalue weighted by Gasteiger charge is 2.24. The lowest BCUT2D eigenvalue weighted by Crippen LogP contribution is -2.30. The fourth-order valence-electron chi connectivity index (χ4n) is 3.47. The summed E-state index contributed by atoms with van der Waals surface area (Å²) in [6.45, 7) is 6.20. The number of hydrogen-bond acceptors (Lipinski definition) is 5. The molecule has 1 saturated heterocycles. The van der Waals surface area contributed by atoms with Crippen molar-refractivity contribution in [2.45, 2.75) is 32.6 Å². The van der Waals surface area contributed by atoms with Gasteiger partial charge in [0.25, 0.3) is 0 Å². The summed E-state index contributed by atoms with van der Waals surface area (Å²) >= 11 is 0. The molecule has 1 atom stereocenters. The predicted octanol–water partition coefficient (Wildman–Crippen LogP) is 3.85. The Labute approximate surface area is 146 Å². The van der Waals surface area contributed by atoms with Gasteiger partial charge in [-0.15, -0.1) is 10.2 Å². The number of piperidine rings is 1. The van der Waals surface area contributed by atoms with Crippen molar-refractivity contribution >= 4 is 16.5 Å². The lowest BCUT2D eigenvalue weighted by Gasteiger charge is -2.27. The normalized spacial score (nSPS) is 19.6. The van der Waals surface area contributed by atoms with Crippen LogP contribution in [0.3, 0.4) is 0 Å². The van der Waals surface area contributed by atoms with Gasteiger partial charge in [0.1, 0.15) is 0 Å². The van der Waals surface area contributed by atoms with Crippen LogP contribution in [0.2, 0.25) is 0 Å². The second-order valence-corrected chi connectivity index (χ2v) is 6.85. The Morgan fingerprint density at radius 1 is 1.36 bits per heavy atom. The van der Waals surface area contributed by atoms with Gasteiger partial charge in [0.2, 0.25) is 11.8 Å². The second kappa shape index (κ2) is 6.44. The van der Waals surface area contributed by atoms with Crippen LogP contribution in [0.4, 0.5) is 0 Å². The molecule has 6 nitrogen and oxygen atoms in total. The van der Waals surface area contributed by atoms with Crippen LogP contribution in [0, 0.1) is 0 Å². The number of benzene rings is 1. The van der Waals surface area contributed by atoms with E-state index in [1.165, 1.54) is 6.42 Å². The van der Waals surface area contributed by atoms with Gasteiger partial charge >= 0.3 is 0 Å². The highest BCUT2D eigenvalue weighted by molar-refractivity contribution is 5.92. The highest BCUT2D eigenvalue weighted by atomic mass is 16.4. The molecule has 3 aromatic rings. The molecule has 0 amide bonds. The summed E-state index contributed by atoms with van der Waals surface area (Å²) in [7, 11) is 2.14. The van der Waals surface area contributed by atoms with E-state index in [-0.39, 0.29) is 0 Å². The zero-order chi connectivity index (χ0) is 17.4. The molecule has 130 valence electrons. The molecule has 0 saturated carbocycles. The third kappa shape index (κ3) is 2.98. The fourth-order valence-corrected chi connectivity index (χ4v) is 3.47. The summed E-state index contributed by atoms with van der Waals surface area (Å²) in [5.74, 6) is 1.66. The first kappa shape index (κ1) is 16.0. The number of H-pyrrole nitrogens is 1. The molecule has 1 aliphatic heterocycles. The Bertz CT molecular complexity index is 923. The van der Waals surface area contributed by atoms with Crippen molar-refractivity contribution in [2.75, 3.05) is 20.1 Å². The van der Waals surface area contributed by atoms with Gasteiger partial charge < -0.3 is 9.32 Å². The molecular formula is C19H23N5O.